The summed E-state index contributed by atoms with van der Waals surface area (Å²) in [5.74, 6) is 0.866. The van der Waals surface area contributed by atoms with Gasteiger partial charge in [0.15, 0.2) is 12.2 Å². The van der Waals surface area contributed by atoms with E-state index in [-0.39, 0.29) is 25.7 Å². The first kappa shape index (κ1) is 85.1. The summed E-state index contributed by atoms with van der Waals surface area (Å²) >= 11 is 0. The number of esters is 4. The van der Waals surface area contributed by atoms with Crippen LogP contribution in [0.15, 0.2) is 0 Å². The maximum Gasteiger partial charge on any atom is 0.472 e. The molecule has 0 fully saturated rings. The lowest BCUT2D eigenvalue weighted by molar-refractivity contribution is -0.161. The van der Waals surface area contributed by atoms with Crippen LogP contribution in [-0.2, 0) is 65.4 Å². The van der Waals surface area contributed by atoms with Crippen molar-refractivity contribution in [3.8, 4) is 0 Å². The summed E-state index contributed by atoms with van der Waals surface area (Å²) in [7, 11) is -9.90. The van der Waals surface area contributed by atoms with Crippen molar-refractivity contribution in [1.82, 2.24) is 0 Å². The zero-order valence-corrected chi connectivity index (χ0v) is 58.4. The number of hydrogen-bond acceptors (Lipinski definition) is 15. The number of unbranched alkanes of at least 4 members (excludes halogenated alkanes) is 29. The van der Waals surface area contributed by atoms with E-state index in [4.69, 9.17) is 37.0 Å². The first-order valence-electron chi connectivity index (χ1n) is 35.3. The van der Waals surface area contributed by atoms with Crippen LogP contribution in [-0.4, -0.2) is 96.7 Å². The standard InChI is InChI=1S/C68H132O17P2/c1-9-60(7)46-38-30-22-13-11-12-14-24-32-40-48-65(70)78-54-63(84-67(72)50-42-34-26-18-16-23-31-39-47-61(8)10-2)56-82-86(74,75)80-52-62(69)53-81-87(76,77)83-57-64(85-68(73)51-43-35-27-19-21-29-37-45-59(5)6)55-79-66(71)49-41-33-25-17-15-20-28-36-44-58(3)4/h58-64,69H,9-57H2,1-8H3,(H,74,75)(H,76,77)/t60?,61?,62?,63-,64-/m1/s1. The first-order chi connectivity index (χ1) is 41.7. The van der Waals surface area contributed by atoms with E-state index < -0.39 is 97.5 Å². The monoisotopic (exact) mass is 1280 g/mol. The molecule has 0 aromatic heterocycles. The molecular formula is C68H132O17P2. The molecule has 0 spiro atoms. The third-order valence-corrected chi connectivity index (χ3v) is 18.2. The molecule has 5 unspecified atom stereocenters. The highest BCUT2D eigenvalue weighted by molar-refractivity contribution is 7.47. The minimum Gasteiger partial charge on any atom is -0.462 e. The molecule has 7 atom stereocenters. The van der Waals surface area contributed by atoms with Crippen molar-refractivity contribution in [2.24, 2.45) is 23.7 Å². The molecule has 0 aliphatic carbocycles. The number of phosphoric acid groups is 2. The molecule has 0 radical (unpaired) electrons. The van der Waals surface area contributed by atoms with Gasteiger partial charge < -0.3 is 33.8 Å². The lowest BCUT2D eigenvalue weighted by Gasteiger charge is -2.21. The first-order valence-corrected chi connectivity index (χ1v) is 38.3. The van der Waals surface area contributed by atoms with Gasteiger partial charge in [-0.25, -0.2) is 9.13 Å². The van der Waals surface area contributed by atoms with Crippen molar-refractivity contribution in [3.05, 3.63) is 0 Å². The topological polar surface area (TPSA) is 237 Å². The van der Waals surface area contributed by atoms with E-state index in [2.05, 4.69) is 55.4 Å². The minimum atomic E-state index is -4.95. The van der Waals surface area contributed by atoms with Crippen LogP contribution >= 0.6 is 15.6 Å². The Kier molecular flexibility index (Phi) is 56.6. The Morgan fingerprint density at radius 1 is 0.322 bits per heavy atom. The van der Waals surface area contributed by atoms with Gasteiger partial charge in [0.2, 0.25) is 0 Å². The van der Waals surface area contributed by atoms with E-state index in [1.54, 1.807) is 0 Å². The second-order valence-electron chi connectivity index (χ2n) is 26.0. The molecule has 0 aliphatic rings. The summed E-state index contributed by atoms with van der Waals surface area (Å²) in [5, 5.41) is 10.6. The van der Waals surface area contributed by atoms with Crippen molar-refractivity contribution < 1.29 is 80.2 Å². The second kappa shape index (κ2) is 57.9. The number of phosphoric ester groups is 2. The number of aliphatic hydroxyl groups excluding tert-OH is 1. The van der Waals surface area contributed by atoms with Crippen LogP contribution in [0.25, 0.3) is 0 Å². The van der Waals surface area contributed by atoms with Crippen molar-refractivity contribution in [3.63, 3.8) is 0 Å². The Morgan fingerprint density at radius 3 is 0.816 bits per heavy atom. The van der Waals surface area contributed by atoms with E-state index in [9.17, 15) is 43.2 Å². The van der Waals surface area contributed by atoms with Crippen LogP contribution < -0.4 is 0 Å². The van der Waals surface area contributed by atoms with Crippen LogP contribution in [0.1, 0.15) is 331 Å². The largest absolute Gasteiger partial charge is 0.472 e. The fourth-order valence-electron chi connectivity index (χ4n) is 10.1. The molecule has 19 heteroatoms. The molecule has 0 aromatic rings. The lowest BCUT2D eigenvalue weighted by atomic mass is 9.99. The van der Waals surface area contributed by atoms with Crippen LogP contribution in [0.3, 0.4) is 0 Å². The van der Waals surface area contributed by atoms with Crippen molar-refractivity contribution in [2.45, 2.75) is 350 Å². The predicted molar refractivity (Wildman–Crippen MR) is 349 cm³/mol. The summed E-state index contributed by atoms with van der Waals surface area (Å²) in [6.45, 7) is 14.1. The molecule has 0 amide bonds. The highest BCUT2D eigenvalue weighted by atomic mass is 31.2. The van der Waals surface area contributed by atoms with Gasteiger partial charge in [0.05, 0.1) is 26.4 Å². The molecule has 516 valence electrons. The zero-order valence-electron chi connectivity index (χ0n) is 56.6. The Hall–Kier alpha value is -1.94. The molecule has 17 nitrogen and oxygen atoms in total. The molecule has 0 bridgehead atoms. The maximum atomic E-state index is 13.0. The fraction of sp³-hybridized carbons (Fsp3) is 0.941. The van der Waals surface area contributed by atoms with Crippen molar-refractivity contribution >= 4 is 39.5 Å². The van der Waals surface area contributed by atoms with Gasteiger partial charge in [-0.2, -0.15) is 0 Å². The van der Waals surface area contributed by atoms with E-state index in [1.165, 1.54) is 135 Å². The van der Waals surface area contributed by atoms with E-state index in [0.717, 1.165) is 108 Å². The Bertz CT molecular complexity index is 1730. The summed E-state index contributed by atoms with van der Waals surface area (Å²) < 4.78 is 68.2. The number of hydrogen-bond donors (Lipinski definition) is 3. The van der Waals surface area contributed by atoms with Gasteiger partial charge in [0.25, 0.3) is 0 Å². The van der Waals surface area contributed by atoms with Crippen LogP contribution in [0.2, 0.25) is 0 Å². The van der Waals surface area contributed by atoms with Crippen molar-refractivity contribution in [2.75, 3.05) is 39.6 Å². The number of rotatable bonds is 65. The Labute approximate surface area is 530 Å². The second-order valence-corrected chi connectivity index (χ2v) is 28.9. The number of carbonyl (C=O) groups is 4. The van der Waals surface area contributed by atoms with E-state index in [1.807, 2.05) is 0 Å². The fourth-order valence-corrected chi connectivity index (χ4v) is 11.7. The minimum absolute atomic E-state index is 0.102. The summed E-state index contributed by atoms with van der Waals surface area (Å²) in [5.41, 5.74) is 0. The Morgan fingerprint density at radius 2 is 0.552 bits per heavy atom. The smallest absolute Gasteiger partial charge is 0.462 e. The molecule has 0 saturated heterocycles. The highest BCUT2D eigenvalue weighted by Crippen LogP contribution is 2.45. The number of carbonyl (C=O) groups excluding carboxylic acids is 4. The molecule has 0 rings (SSSR count). The van der Waals surface area contributed by atoms with Gasteiger partial charge in [-0.05, 0) is 49.4 Å². The van der Waals surface area contributed by atoms with Crippen LogP contribution in [0.5, 0.6) is 0 Å². The molecule has 0 heterocycles. The summed E-state index contributed by atoms with van der Waals surface area (Å²) in [6, 6.07) is 0. The number of aliphatic hydroxyl groups is 1. The average molecular weight is 1280 g/mol. The van der Waals surface area contributed by atoms with Crippen LogP contribution in [0.4, 0.5) is 0 Å². The summed E-state index contributed by atoms with van der Waals surface area (Å²) in [4.78, 5) is 72.4. The molecular weight excluding hydrogens is 1150 g/mol. The van der Waals surface area contributed by atoms with Gasteiger partial charge in [0.1, 0.15) is 19.3 Å². The molecule has 0 aromatic carbocycles. The van der Waals surface area contributed by atoms with E-state index in [0.29, 0.717) is 31.6 Å². The quantitative estimate of drug-likeness (QED) is 0.0222. The molecule has 87 heavy (non-hydrogen) atoms. The average Bonchev–Trinajstić information content (AvgIpc) is 3.66. The zero-order chi connectivity index (χ0) is 64.7. The molecule has 0 saturated carbocycles. The van der Waals surface area contributed by atoms with E-state index >= 15 is 0 Å². The normalized spacial score (nSPS) is 15.0. The van der Waals surface area contributed by atoms with Gasteiger partial charge >= 0.3 is 39.5 Å². The maximum absolute atomic E-state index is 13.0. The third kappa shape index (κ3) is 60.1. The van der Waals surface area contributed by atoms with Gasteiger partial charge in [-0.1, -0.05) is 280 Å². The SMILES string of the molecule is CCC(C)CCCCCCCCCCCCC(=O)OC[C@H](COP(=O)(O)OCC(O)COP(=O)(O)OC[C@@H](COC(=O)CCCCCCCCCCC(C)C)OC(=O)CCCCCCCCCC(C)C)OC(=O)CCCCCCCCCCC(C)CC. The lowest BCUT2D eigenvalue weighted by Crippen LogP contribution is -2.30. The Balaban J connectivity index is 5.26. The predicted octanol–water partition coefficient (Wildman–Crippen LogP) is 18.9. The summed E-state index contributed by atoms with van der Waals surface area (Å²) in [6.07, 6.45) is 38.9. The van der Waals surface area contributed by atoms with Gasteiger partial charge in [-0.15, -0.1) is 0 Å². The molecule has 3 N–H and O–H groups in total. The number of ether oxygens (including phenoxy) is 4. The van der Waals surface area contributed by atoms with Gasteiger partial charge in [0, 0.05) is 25.7 Å². The highest BCUT2D eigenvalue weighted by Gasteiger charge is 2.30. The van der Waals surface area contributed by atoms with Crippen molar-refractivity contribution in [1.29, 1.82) is 0 Å². The third-order valence-electron chi connectivity index (χ3n) is 16.3. The molecule has 0 aliphatic heterocycles. The van der Waals surface area contributed by atoms with Crippen LogP contribution in [0, 0.1) is 23.7 Å². The van der Waals surface area contributed by atoms with Gasteiger partial charge in [-0.3, -0.25) is 37.3 Å².